The number of nitrogens with zero attached hydrogens (tertiary/aromatic N) is 3. The lowest BCUT2D eigenvalue weighted by atomic mass is 10.2. The monoisotopic (exact) mass is 509 g/mol. The molecule has 0 saturated carbocycles. The third kappa shape index (κ3) is 5.17. The number of aromatic nitrogens is 2. The van der Waals surface area contributed by atoms with Crippen LogP contribution in [0, 0.1) is 19.7 Å². The molecule has 0 unspecified atom stereocenters. The third-order valence-corrected chi connectivity index (χ3v) is 4.54. The van der Waals surface area contributed by atoms with Crippen LogP contribution >= 0.6 is 39.9 Å². The van der Waals surface area contributed by atoms with E-state index in [1.165, 1.54) is 12.1 Å². The van der Waals surface area contributed by atoms with Crippen LogP contribution in [0.1, 0.15) is 22.5 Å². The Labute approximate surface area is 167 Å². The second kappa shape index (κ2) is 9.36. The molecule has 1 aromatic heterocycles. The third-order valence-electron chi connectivity index (χ3n) is 3.77. The first-order valence-electron chi connectivity index (χ1n) is 7.30. The van der Waals surface area contributed by atoms with Crippen molar-refractivity contribution < 1.29 is 4.39 Å². The highest BCUT2D eigenvalue weighted by Crippen LogP contribution is 2.17. The minimum atomic E-state index is -0.255. The molecular formula is C16H22BrFIN5. The Bertz CT molecular complexity index is 729. The Balaban J connectivity index is 0.00000288. The quantitative estimate of drug-likeness (QED) is 0.377. The summed E-state index contributed by atoms with van der Waals surface area (Å²) in [5.74, 6) is 0.401. The number of benzene rings is 1. The van der Waals surface area contributed by atoms with Gasteiger partial charge < -0.3 is 10.6 Å². The van der Waals surface area contributed by atoms with E-state index in [1.807, 2.05) is 25.6 Å². The molecule has 0 radical (unpaired) electrons. The van der Waals surface area contributed by atoms with E-state index in [4.69, 9.17) is 0 Å². The average molecular weight is 510 g/mol. The number of nitrogens with one attached hydrogen (secondary N) is 2. The van der Waals surface area contributed by atoms with Crippen LogP contribution in [0.25, 0.3) is 0 Å². The zero-order chi connectivity index (χ0) is 17.0. The van der Waals surface area contributed by atoms with E-state index < -0.39 is 0 Å². The minimum absolute atomic E-state index is 0. The molecule has 0 aliphatic rings. The molecule has 0 bridgehead atoms. The van der Waals surface area contributed by atoms with Crippen molar-refractivity contribution in [2.24, 2.45) is 12.0 Å². The van der Waals surface area contributed by atoms with Crippen LogP contribution in [0.15, 0.2) is 27.7 Å². The van der Waals surface area contributed by atoms with Crippen LogP contribution in [-0.4, -0.2) is 22.8 Å². The van der Waals surface area contributed by atoms with Gasteiger partial charge in [-0.3, -0.25) is 9.67 Å². The van der Waals surface area contributed by atoms with Gasteiger partial charge in [-0.15, -0.1) is 24.0 Å². The minimum Gasteiger partial charge on any atom is -0.352 e. The van der Waals surface area contributed by atoms with E-state index in [1.54, 1.807) is 13.1 Å². The Kier molecular flexibility index (Phi) is 8.14. The zero-order valence-electron chi connectivity index (χ0n) is 14.2. The van der Waals surface area contributed by atoms with Gasteiger partial charge in [0.1, 0.15) is 5.82 Å². The maximum Gasteiger partial charge on any atom is 0.191 e. The van der Waals surface area contributed by atoms with Crippen molar-refractivity contribution in [2.75, 3.05) is 7.05 Å². The lowest BCUT2D eigenvalue weighted by molar-refractivity contribution is 0.624. The first-order chi connectivity index (χ1) is 10.9. The molecule has 0 aliphatic heterocycles. The van der Waals surface area contributed by atoms with E-state index in [2.05, 4.69) is 36.7 Å². The van der Waals surface area contributed by atoms with Crippen molar-refractivity contribution in [3.05, 3.63) is 51.0 Å². The summed E-state index contributed by atoms with van der Waals surface area (Å²) in [4.78, 5) is 4.19. The fourth-order valence-corrected chi connectivity index (χ4v) is 2.71. The van der Waals surface area contributed by atoms with Gasteiger partial charge in [0.05, 0.1) is 5.69 Å². The van der Waals surface area contributed by atoms with Crippen molar-refractivity contribution in [1.29, 1.82) is 0 Å². The molecule has 0 amide bonds. The molecule has 0 aliphatic carbocycles. The van der Waals surface area contributed by atoms with Crippen LogP contribution < -0.4 is 10.6 Å². The molecule has 24 heavy (non-hydrogen) atoms. The molecule has 0 atom stereocenters. The molecule has 2 aromatic rings. The Morgan fingerprint density at radius 1 is 1.29 bits per heavy atom. The van der Waals surface area contributed by atoms with E-state index in [-0.39, 0.29) is 29.8 Å². The molecule has 1 aromatic carbocycles. The molecule has 2 N–H and O–H groups in total. The van der Waals surface area contributed by atoms with E-state index in [0.717, 1.165) is 27.0 Å². The Morgan fingerprint density at radius 2 is 1.96 bits per heavy atom. The van der Waals surface area contributed by atoms with Gasteiger partial charge in [-0.25, -0.2) is 4.39 Å². The van der Waals surface area contributed by atoms with E-state index >= 15 is 0 Å². The summed E-state index contributed by atoms with van der Waals surface area (Å²) >= 11 is 3.42. The number of hydrogen-bond donors (Lipinski definition) is 2. The summed E-state index contributed by atoms with van der Waals surface area (Å²) in [6.07, 6.45) is 0. The number of aliphatic imine (C=N–C) groups is 1. The Hall–Kier alpha value is -1.16. The molecule has 2 rings (SSSR count). The largest absolute Gasteiger partial charge is 0.352 e. The molecule has 0 saturated heterocycles. The van der Waals surface area contributed by atoms with Crippen molar-refractivity contribution in [1.82, 2.24) is 20.4 Å². The van der Waals surface area contributed by atoms with Crippen LogP contribution in [-0.2, 0) is 20.1 Å². The normalized spacial score (nSPS) is 11.2. The SMILES string of the molecule is CN=C(NCc1cc(F)ccc1Br)NCc1c(C)nn(C)c1C.I. The number of halogens is 3. The predicted octanol–water partition coefficient (Wildman–Crippen LogP) is 3.42. The van der Waals surface area contributed by atoms with Crippen molar-refractivity contribution in [3.8, 4) is 0 Å². The van der Waals surface area contributed by atoms with Crippen LogP contribution in [0.2, 0.25) is 0 Å². The van der Waals surface area contributed by atoms with E-state index in [0.29, 0.717) is 19.0 Å². The lowest BCUT2D eigenvalue weighted by Gasteiger charge is -2.13. The van der Waals surface area contributed by atoms with Gasteiger partial charge in [0.25, 0.3) is 0 Å². The summed E-state index contributed by atoms with van der Waals surface area (Å²) in [6, 6.07) is 4.62. The highest BCUT2D eigenvalue weighted by Gasteiger charge is 2.10. The second-order valence-corrected chi connectivity index (χ2v) is 6.14. The second-order valence-electron chi connectivity index (χ2n) is 5.29. The summed E-state index contributed by atoms with van der Waals surface area (Å²) in [6.45, 7) is 5.14. The van der Waals surface area contributed by atoms with Gasteiger partial charge >= 0.3 is 0 Å². The zero-order valence-corrected chi connectivity index (χ0v) is 18.1. The summed E-state index contributed by atoms with van der Waals surface area (Å²) < 4.78 is 16.0. The van der Waals surface area contributed by atoms with Crippen LogP contribution in [0.5, 0.6) is 0 Å². The average Bonchev–Trinajstić information content (AvgIpc) is 2.76. The number of guanidine groups is 1. The van der Waals surface area contributed by atoms with Crippen LogP contribution in [0.3, 0.4) is 0 Å². The summed E-state index contributed by atoms with van der Waals surface area (Å²) in [5, 5.41) is 10.8. The van der Waals surface area contributed by atoms with E-state index in [9.17, 15) is 4.39 Å². The van der Waals surface area contributed by atoms with Gasteiger partial charge in [0, 0.05) is 42.9 Å². The first kappa shape index (κ1) is 20.9. The van der Waals surface area contributed by atoms with Crippen LogP contribution in [0.4, 0.5) is 4.39 Å². The van der Waals surface area contributed by atoms with Crippen molar-refractivity contribution in [3.63, 3.8) is 0 Å². The highest BCUT2D eigenvalue weighted by molar-refractivity contribution is 14.0. The fourth-order valence-electron chi connectivity index (χ4n) is 2.32. The molecule has 132 valence electrons. The molecule has 1 heterocycles. The smallest absolute Gasteiger partial charge is 0.191 e. The predicted molar refractivity (Wildman–Crippen MR) is 109 cm³/mol. The highest BCUT2D eigenvalue weighted by atomic mass is 127. The maximum absolute atomic E-state index is 13.3. The number of aryl methyl sites for hydroxylation is 2. The van der Waals surface area contributed by atoms with Crippen molar-refractivity contribution >= 4 is 45.9 Å². The lowest BCUT2D eigenvalue weighted by Crippen LogP contribution is -2.36. The molecule has 5 nitrogen and oxygen atoms in total. The number of hydrogen-bond acceptors (Lipinski definition) is 2. The molecular weight excluding hydrogens is 488 g/mol. The van der Waals surface area contributed by atoms with Gasteiger partial charge in [-0.2, -0.15) is 5.10 Å². The Morgan fingerprint density at radius 3 is 2.54 bits per heavy atom. The van der Waals surface area contributed by atoms with Gasteiger partial charge in [-0.1, -0.05) is 15.9 Å². The van der Waals surface area contributed by atoms with Gasteiger partial charge in [0.2, 0.25) is 0 Å². The summed E-state index contributed by atoms with van der Waals surface area (Å²) in [5.41, 5.74) is 4.11. The molecule has 0 spiro atoms. The van der Waals surface area contributed by atoms with Gasteiger partial charge in [0.15, 0.2) is 5.96 Å². The topological polar surface area (TPSA) is 54.2 Å². The van der Waals surface area contributed by atoms with Gasteiger partial charge in [-0.05, 0) is 37.6 Å². The molecule has 0 fully saturated rings. The standard InChI is InChI=1S/C16H21BrFN5.HI/c1-10-14(11(2)23(4)22-10)9-21-16(19-3)20-8-12-7-13(18)5-6-15(12)17;/h5-7H,8-9H2,1-4H3,(H2,19,20,21);1H. The molecule has 8 heteroatoms. The number of rotatable bonds is 4. The van der Waals surface area contributed by atoms with Crippen molar-refractivity contribution in [2.45, 2.75) is 26.9 Å². The first-order valence-corrected chi connectivity index (χ1v) is 8.09. The fraction of sp³-hybridized carbons (Fsp3) is 0.375. The maximum atomic E-state index is 13.3. The summed E-state index contributed by atoms with van der Waals surface area (Å²) in [7, 11) is 3.64.